The van der Waals surface area contributed by atoms with E-state index in [-0.39, 0.29) is 17.3 Å². The summed E-state index contributed by atoms with van der Waals surface area (Å²) in [6.45, 7) is 2.71. The molecular formula is C22H23Cl2NO5. The molecule has 3 rings (SSSR count). The van der Waals surface area contributed by atoms with Crippen molar-refractivity contribution in [3.05, 3.63) is 62.8 Å². The summed E-state index contributed by atoms with van der Waals surface area (Å²) < 4.78 is 16.2. The summed E-state index contributed by atoms with van der Waals surface area (Å²) in [5, 5.41) is 11.4. The van der Waals surface area contributed by atoms with Gasteiger partial charge >= 0.3 is 0 Å². The lowest BCUT2D eigenvalue weighted by Crippen LogP contribution is -2.30. The molecule has 0 aromatic heterocycles. The Balaban J connectivity index is 1.91. The fourth-order valence-electron chi connectivity index (χ4n) is 3.14. The molecule has 160 valence electrons. The van der Waals surface area contributed by atoms with Gasteiger partial charge in [-0.1, -0.05) is 29.3 Å². The first-order chi connectivity index (χ1) is 14.4. The fraction of sp³-hybridized carbons (Fsp3) is 0.318. The standard InChI is InChI=1S/C22H23Cl2NO5/c1-28-9-7-25(8-10-29-2)13-17-19(26)6-5-16-21(27)20(30-22(16)17)11-14-3-4-15(23)12-18(14)24/h3-6,11-12,26H,7-10,13H2,1-2H3. The summed E-state index contributed by atoms with van der Waals surface area (Å²) in [7, 11) is 3.26. The number of carbonyl (C=O) groups is 1. The molecule has 0 saturated carbocycles. The molecule has 6 nitrogen and oxygen atoms in total. The quantitative estimate of drug-likeness (QED) is 0.569. The zero-order valence-corrected chi connectivity index (χ0v) is 18.3. The van der Waals surface area contributed by atoms with Crippen LogP contribution in [0, 0.1) is 0 Å². The largest absolute Gasteiger partial charge is 0.507 e. The van der Waals surface area contributed by atoms with Gasteiger partial charge in [0.1, 0.15) is 11.5 Å². The highest BCUT2D eigenvalue weighted by Gasteiger charge is 2.31. The van der Waals surface area contributed by atoms with Gasteiger partial charge in [-0.3, -0.25) is 9.69 Å². The number of allylic oxidation sites excluding steroid dienone is 1. The minimum absolute atomic E-state index is 0.0622. The second-order valence-electron chi connectivity index (χ2n) is 6.81. The first kappa shape index (κ1) is 22.6. The molecule has 0 aliphatic carbocycles. The molecule has 0 unspecified atom stereocenters. The number of ether oxygens (including phenoxy) is 3. The van der Waals surface area contributed by atoms with Gasteiger partial charge in [-0.2, -0.15) is 0 Å². The van der Waals surface area contributed by atoms with Gasteiger partial charge in [0.25, 0.3) is 0 Å². The molecule has 1 aliphatic heterocycles. The normalized spacial score (nSPS) is 14.4. The number of carbonyl (C=O) groups excluding carboxylic acids is 1. The smallest absolute Gasteiger partial charge is 0.231 e. The molecule has 0 amide bonds. The molecule has 1 aliphatic rings. The number of ketones is 1. The van der Waals surface area contributed by atoms with Crippen LogP contribution in [0.1, 0.15) is 21.5 Å². The van der Waals surface area contributed by atoms with E-state index in [1.807, 2.05) is 0 Å². The van der Waals surface area contributed by atoms with Crippen LogP contribution in [0.5, 0.6) is 11.5 Å². The molecule has 1 N–H and O–H groups in total. The lowest BCUT2D eigenvalue weighted by Gasteiger charge is -2.23. The molecule has 8 heteroatoms. The monoisotopic (exact) mass is 451 g/mol. The Morgan fingerprint density at radius 2 is 1.80 bits per heavy atom. The zero-order valence-electron chi connectivity index (χ0n) is 16.8. The summed E-state index contributed by atoms with van der Waals surface area (Å²) >= 11 is 12.2. The van der Waals surface area contributed by atoms with Crippen LogP contribution in [0.4, 0.5) is 0 Å². The van der Waals surface area contributed by atoms with Gasteiger partial charge in [0.15, 0.2) is 5.76 Å². The van der Waals surface area contributed by atoms with Gasteiger partial charge in [0.05, 0.1) is 24.3 Å². The van der Waals surface area contributed by atoms with Crippen LogP contribution in [0.2, 0.25) is 10.0 Å². The topological polar surface area (TPSA) is 68.2 Å². The first-order valence-electron chi connectivity index (χ1n) is 9.39. The molecule has 0 spiro atoms. The van der Waals surface area contributed by atoms with Crippen molar-refractivity contribution in [1.82, 2.24) is 4.90 Å². The lowest BCUT2D eigenvalue weighted by atomic mass is 10.0. The number of phenols is 1. The fourth-order valence-corrected chi connectivity index (χ4v) is 3.61. The molecule has 0 atom stereocenters. The minimum atomic E-state index is -0.266. The van der Waals surface area contributed by atoms with E-state index >= 15 is 0 Å². The van der Waals surface area contributed by atoms with Gasteiger partial charge in [-0.25, -0.2) is 0 Å². The summed E-state index contributed by atoms with van der Waals surface area (Å²) in [5.41, 5.74) is 1.56. The molecule has 0 fully saturated rings. The number of methoxy groups -OCH3 is 2. The molecule has 1 heterocycles. The summed E-state index contributed by atoms with van der Waals surface area (Å²) in [6, 6.07) is 8.08. The number of rotatable bonds is 9. The zero-order chi connectivity index (χ0) is 21.7. The molecule has 0 bridgehead atoms. The second kappa shape index (κ2) is 10.3. The van der Waals surface area contributed by atoms with Crippen molar-refractivity contribution >= 4 is 35.1 Å². The SMILES string of the molecule is COCCN(CCOC)Cc1c(O)ccc2c1OC(=Cc1ccc(Cl)cc1Cl)C2=O. The van der Waals surface area contributed by atoms with Crippen LogP contribution in [0.15, 0.2) is 36.1 Å². The Morgan fingerprint density at radius 3 is 2.43 bits per heavy atom. The van der Waals surface area contributed by atoms with E-state index in [1.165, 1.54) is 6.07 Å². The van der Waals surface area contributed by atoms with E-state index in [4.69, 9.17) is 37.4 Å². The number of Topliss-reactive ketones (excluding diaryl/α,β-unsaturated/α-hetero) is 1. The van der Waals surface area contributed by atoms with E-state index < -0.39 is 0 Å². The average Bonchev–Trinajstić information content (AvgIpc) is 3.03. The van der Waals surface area contributed by atoms with Crippen LogP contribution < -0.4 is 4.74 Å². The predicted octanol–water partition coefficient (Wildman–Crippen LogP) is 4.41. The third kappa shape index (κ3) is 5.14. The van der Waals surface area contributed by atoms with Crippen molar-refractivity contribution < 1.29 is 24.1 Å². The number of hydrogen-bond acceptors (Lipinski definition) is 6. The van der Waals surface area contributed by atoms with Crippen LogP contribution >= 0.6 is 23.2 Å². The summed E-state index contributed by atoms with van der Waals surface area (Å²) in [5.74, 6) is 0.294. The van der Waals surface area contributed by atoms with Crippen LogP contribution in [-0.4, -0.2) is 56.3 Å². The lowest BCUT2D eigenvalue weighted by molar-refractivity contribution is 0.101. The Hall–Kier alpha value is -2.09. The number of phenolic OH excluding ortho intramolecular Hbond substituents is 1. The molecule has 0 radical (unpaired) electrons. The van der Waals surface area contributed by atoms with Gasteiger partial charge in [-0.15, -0.1) is 0 Å². The number of halogens is 2. The van der Waals surface area contributed by atoms with E-state index in [2.05, 4.69) is 4.90 Å². The van der Waals surface area contributed by atoms with Gasteiger partial charge < -0.3 is 19.3 Å². The van der Waals surface area contributed by atoms with Crippen molar-refractivity contribution in [2.75, 3.05) is 40.5 Å². The minimum Gasteiger partial charge on any atom is -0.507 e. The Kier molecular flexibility index (Phi) is 7.75. The third-order valence-corrected chi connectivity index (χ3v) is 5.33. The number of aromatic hydroxyl groups is 1. The van der Waals surface area contributed by atoms with Crippen LogP contribution in [0.25, 0.3) is 6.08 Å². The van der Waals surface area contributed by atoms with Crippen molar-refractivity contribution in [2.24, 2.45) is 0 Å². The van der Waals surface area contributed by atoms with Crippen molar-refractivity contribution in [2.45, 2.75) is 6.54 Å². The number of fused-ring (bicyclic) bond motifs is 1. The number of nitrogens with zero attached hydrogens (tertiary/aromatic N) is 1. The summed E-state index contributed by atoms with van der Waals surface area (Å²) in [6.07, 6.45) is 1.58. The highest BCUT2D eigenvalue weighted by Crippen LogP contribution is 2.40. The number of benzene rings is 2. The van der Waals surface area contributed by atoms with Gasteiger partial charge in [0.2, 0.25) is 5.78 Å². The Bertz CT molecular complexity index is 953. The maximum absolute atomic E-state index is 12.9. The molecule has 0 saturated heterocycles. The van der Waals surface area contributed by atoms with Gasteiger partial charge in [-0.05, 0) is 35.9 Å². The molecule has 2 aromatic carbocycles. The van der Waals surface area contributed by atoms with Crippen molar-refractivity contribution in [3.8, 4) is 11.5 Å². The highest BCUT2D eigenvalue weighted by molar-refractivity contribution is 6.35. The van der Waals surface area contributed by atoms with Crippen molar-refractivity contribution in [3.63, 3.8) is 0 Å². The average molecular weight is 452 g/mol. The second-order valence-corrected chi connectivity index (χ2v) is 7.65. The van der Waals surface area contributed by atoms with Gasteiger partial charge in [0, 0.05) is 43.9 Å². The van der Waals surface area contributed by atoms with E-state index in [0.717, 1.165) is 0 Å². The maximum atomic E-state index is 12.9. The molecular weight excluding hydrogens is 429 g/mol. The van der Waals surface area contributed by atoms with Crippen LogP contribution in [0.3, 0.4) is 0 Å². The molecule has 30 heavy (non-hydrogen) atoms. The summed E-state index contributed by atoms with van der Waals surface area (Å²) in [4.78, 5) is 14.9. The Morgan fingerprint density at radius 1 is 1.10 bits per heavy atom. The highest BCUT2D eigenvalue weighted by atomic mass is 35.5. The van der Waals surface area contributed by atoms with E-state index in [0.29, 0.717) is 65.3 Å². The predicted molar refractivity (Wildman–Crippen MR) is 117 cm³/mol. The Labute approximate surface area is 185 Å². The van der Waals surface area contributed by atoms with Crippen LogP contribution in [-0.2, 0) is 16.0 Å². The molecule has 2 aromatic rings. The van der Waals surface area contributed by atoms with E-state index in [1.54, 1.807) is 44.6 Å². The number of hydrogen-bond donors (Lipinski definition) is 1. The maximum Gasteiger partial charge on any atom is 0.231 e. The third-order valence-electron chi connectivity index (χ3n) is 4.77. The first-order valence-corrected chi connectivity index (χ1v) is 10.1. The van der Waals surface area contributed by atoms with Crippen molar-refractivity contribution in [1.29, 1.82) is 0 Å². The van der Waals surface area contributed by atoms with E-state index in [9.17, 15) is 9.90 Å².